The Morgan fingerprint density at radius 1 is 1.53 bits per heavy atom. The van der Waals surface area contributed by atoms with Crippen molar-refractivity contribution in [2.24, 2.45) is 0 Å². The number of morpholine rings is 1. The Labute approximate surface area is 109 Å². The smallest absolute Gasteiger partial charge is 0.211 e. The second-order valence-electron chi connectivity index (χ2n) is 3.88. The van der Waals surface area contributed by atoms with Gasteiger partial charge in [0.25, 0.3) is 0 Å². The van der Waals surface area contributed by atoms with Crippen molar-refractivity contribution in [3.05, 3.63) is 28.5 Å². The summed E-state index contributed by atoms with van der Waals surface area (Å²) in [4.78, 5) is 4.23. The summed E-state index contributed by atoms with van der Waals surface area (Å²) in [7, 11) is -3.16. The van der Waals surface area contributed by atoms with E-state index in [4.69, 9.17) is 4.74 Å². The van der Waals surface area contributed by atoms with Crippen LogP contribution in [-0.2, 0) is 14.8 Å². The van der Waals surface area contributed by atoms with Gasteiger partial charge in [0.2, 0.25) is 10.0 Å². The van der Waals surface area contributed by atoms with E-state index in [0.717, 1.165) is 10.2 Å². The quantitative estimate of drug-likeness (QED) is 0.821. The lowest BCUT2D eigenvalue weighted by molar-refractivity contribution is -0.00474. The standard InChI is InChI=1S/C10H13BrN2O3S/c1-17(14,15)13-4-5-16-10(7-13)9-3-2-8(11)6-12-9/h2-3,6,10H,4-5,7H2,1H3. The molecule has 7 heteroatoms. The molecule has 0 saturated carbocycles. The first kappa shape index (κ1) is 12.9. The Kier molecular flexibility index (Phi) is 3.82. The predicted octanol–water partition coefficient (Wildman–Crippen LogP) is 1.18. The van der Waals surface area contributed by atoms with Gasteiger partial charge in [-0.1, -0.05) is 0 Å². The number of hydrogen-bond donors (Lipinski definition) is 0. The molecule has 1 fully saturated rings. The largest absolute Gasteiger partial charge is 0.369 e. The fraction of sp³-hybridized carbons (Fsp3) is 0.500. The first-order valence-electron chi connectivity index (χ1n) is 5.15. The molecule has 94 valence electrons. The molecule has 0 amide bonds. The van der Waals surface area contributed by atoms with Crippen LogP contribution in [0.15, 0.2) is 22.8 Å². The number of halogens is 1. The Hall–Kier alpha value is -0.500. The van der Waals surface area contributed by atoms with Crippen molar-refractivity contribution >= 4 is 26.0 Å². The lowest BCUT2D eigenvalue weighted by Gasteiger charge is -2.30. The molecule has 1 aliphatic heterocycles. The molecule has 1 aromatic rings. The molecule has 0 aliphatic carbocycles. The van der Waals surface area contributed by atoms with Gasteiger partial charge in [-0.15, -0.1) is 0 Å². The second-order valence-corrected chi connectivity index (χ2v) is 6.78. The van der Waals surface area contributed by atoms with E-state index in [-0.39, 0.29) is 6.10 Å². The van der Waals surface area contributed by atoms with Gasteiger partial charge in [0.1, 0.15) is 6.10 Å². The summed E-state index contributed by atoms with van der Waals surface area (Å²) in [6.45, 7) is 1.13. The van der Waals surface area contributed by atoms with Crippen LogP contribution < -0.4 is 0 Å². The molecular weight excluding hydrogens is 308 g/mol. The number of pyridine rings is 1. The maximum atomic E-state index is 11.5. The fourth-order valence-electron chi connectivity index (χ4n) is 1.68. The van der Waals surface area contributed by atoms with Crippen LogP contribution in [0.25, 0.3) is 0 Å². The summed E-state index contributed by atoms with van der Waals surface area (Å²) in [5.74, 6) is 0. The van der Waals surface area contributed by atoms with Crippen LogP contribution in [-0.4, -0.2) is 43.7 Å². The minimum atomic E-state index is -3.16. The monoisotopic (exact) mass is 320 g/mol. The van der Waals surface area contributed by atoms with Gasteiger partial charge in [0, 0.05) is 23.8 Å². The van der Waals surface area contributed by atoms with E-state index in [1.54, 1.807) is 6.20 Å². The highest BCUT2D eigenvalue weighted by Gasteiger charge is 2.28. The SMILES string of the molecule is CS(=O)(=O)N1CCOC(c2ccc(Br)cn2)C1. The third-order valence-corrected chi connectivity index (χ3v) is 4.32. The molecule has 0 bridgehead atoms. The van der Waals surface area contributed by atoms with Gasteiger partial charge in [-0.3, -0.25) is 4.98 Å². The van der Waals surface area contributed by atoms with E-state index in [0.29, 0.717) is 19.7 Å². The lowest BCUT2D eigenvalue weighted by atomic mass is 10.2. The predicted molar refractivity (Wildman–Crippen MR) is 67.0 cm³/mol. The van der Waals surface area contributed by atoms with Gasteiger partial charge < -0.3 is 4.74 Å². The molecule has 1 unspecified atom stereocenters. The molecule has 0 spiro atoms. The average Bonchev–Trinajstić information content (AvgIpc) is 2.29. The van der Waals surface area contributed by atoms with Crippen LogP contribution in [0.2, 0.25) is 0 Å². The lowest BCUT2D eigenvalue weighted by Crippen LogP contribution is -2.41. The van der Waals surface area contributed by atoms with E-state index in [9.17, 15) is 8.42 Å². The number of rotatable bonds is 2. The number of nitrogens with zero attached hydrogens (tertiary/aromatic N) is 2. The maximum absolute atomic E-state index is 11.5. The summed E-state index contributed by atoms with van der Waals surface area (Å²) in [5.41, 5.74) is 0.751. The van der Waals surface area contributed by atoms with Crippen molar-refractivity contribution in [2.75, 3.05) is 26.0 Å². The zero-order valence-corrected chi connectivity index (χ0v) is 11.7. The van der Waals surface area contributed by atoms with Gasteiger partial charge in [-0.05, 0) is 28.1 Å². The molecule has 2 heterocycles. The van der Waals surface area contributed by atoms with Gasteiger partial charge >= 0.3 is 0 Å². The van der Waals surface area contributed by atoms with Crippen molar-refractivity contribution in [2.45, 2.75) is 6.10 Å². The van der Waals surface area contributed by atoms with Crippen LogP contribution in [0.4, 0.5) is 0 Å². The number of sulfonamides is 1. The third kappa shape index (κ3) is 3.25. The summed E-state index contributed by atoms with van der Waals surface area (Å²) < 4.78 is 30.8. The molecule has 2 rings (SSSR count). The Morgan fingerprint density at radius 3 is 2.88 bits per heavy atom. The molecule has 1 aromatic heterocycles. The van der Waals surface area contributed by atoms with Gasteiger partial charge in [0.05, 0.1) is 18.6 Å². The van der Waals surface area contributed by atoms with E-state index in [1.807, 2.05) is 12.1 Å². The zero-order valence-electron chi connectivity index (χ0n) is 9.34. The van der Waals surface area contributed by atoms with E-state index in [1.165, 1.54) is 10.6 Å². The van der Waals surface area contributed by atoms with Crippen LogP contribution in [0.1, 0.15) is 11.8 Å². The van der Waals surface area contributed by atoms with Crippen molar-refractivity contribution in [3.8, 4) is 0 Å². The van der Waals surface area contributed by atoms with Gasteiger partial charge in [-0.25, -0.2) is 8.42 Å². The van der Waals surface area contributed by atoms with Crippen molar-refractivity contribution in [3.63, 3.8) is 0 Å². The third-order valence-electron chi connectivity index (χ3n) is 2.58. The first-order valence-corrected chi connectivity index (χ1v) is 7.79. The van der Waals surface area contributed by atoms with Crippen LogP contribution in [0, 0.1) is 0 Å². The molecule has 0 aromatic carbocycles. The van der Waals surface area contributed by atoms with Crippen LogP contribution in [0.5, 0.6) is 0 Å². The van der Waals surface area contributed by atoms with E-state index in [2.05, 4.69) is 20.9 Å². The first-order chi connectivity index (χ1) is 7.97. The van der Waals surface area contributed by atoms with Gasteiger partial charge in [0.15, 0.2) is 0 Å². The number of ether oxygens (including phenoxy) is 1. The highest BCUT2D eigenvalue weighted by molar-refractivity contribution is 9.10. The number of hydrogen-bond acceptors (Lipinski definition) is 4. The Balaban J connectivity index is 2.15. The second kappa shape index (κ2) is 5.01. The van der Waals surface area contributed by atoms with Crippen LogP contribution in [0.3, 0.4) is 0 Å². The van der Waals surface area contributed by atoms with E-state index >= 15 is 0 Å². The van der Waals surface area contributed by atoms with Crippen molar-refractivity contribution in [1.82, 2.24) is 9.29 Å². The summed E-state index contributed by atoms with van der Waals surface area (Å²) in [6, 6.07) is 3.70. The molecular formula is C10H13BrN2O3S. The van der Waals surface area contributed by atoms with Crippen molar-refractivity contribution < 1.29 is 13.2 Å². The molecule has 1 aliphatic rings. The molecule has 1 saturated heterocycles. The normalized spacial score (nSPS) is 22.6. The molecule has 0 radical (unpaired) electrons. The fourth-order valence-corrected chi connectivity index (χ4v) is 2.73. The Morgan fingerprint density at radius 2 is 2.29 bits per heavy atom. The molecule has 0 N–H and O–H groups in total. The molecule has 17 heavy (non-hydrogen) atoms. The topological polar surface area (TPSA) is 59.5 Å². The maximum Gasteiger partial charge on any atom is 0.211 e. The van der Waals surface area contributed by atoms with Crippen LogP contribution >= 0.6 is 15.9 Å². The minimum absolute atomic E-state index is 0.286. The van der Waals surface area contributed by atoms with E-state index < -0.39 is 10.0 Å². The van der Waals surface area contributed by atoms with Crippen molar-refractivity contribution in [1.29, 1.82) is 0 Å². The summed E-state index contributed by atoms with van der Waals surface area (Å²) >= 11 is 3.30. The minimum Gasteiger partial charge on any atom is -0.369 e. The van der Waals surface area contributed by atoms with Gasteiger partial charge in [-0.2, -0.15) is 4.31 Å². The summed E-state index contributed by atoms with van der Waals surface area (Å²) in [5, 5.41) is 0. The Bertz CT molecular complexity index is 489. The highest BCUT2D eigenvalue weighted by atomic mass is 79.9. The highest BCUT2D eigenvalue weighted by Crippen LogP contribution is 2.22. The zero-order chi connectivity index (χ0) is 12.5. The number of aromatic nitrogens is 1. The summed E-state index contributed by atoms with van der Waals surface area (Å²) in [6.07, 6.45) is 2.61. The molecule has 1 atom stereocenters. The average molecular weight is 321 g/mol. The molecule has 5 nitrogen and oxygen atoms in total.